The molecule has 1 aliphatic rings. The van der Waals surface area contributed by atoms with Crippen molar-refractivity contribution in [2.24, 2.45) is 0 Å². The molecule has 0 aliphatic carbocycles. The van der Waals surface area contributed by atoms with Crippen LogP contribution in [0.25, 0.3) is 5.69 Å². The highest BCUT2D eigenvalue weighted by Crippen LogP contribution is 2.26. The number of thioether (sulfide) groups is 1. The van der Waals surface area contributed by atoms with Crippen molar-refractivity contribution in [2.75, 3.05) is 13.1 Å². The first-order chi connectivity index (χ1) is 11.1. The lowest BCUT2D eigenvalue weighted by Gasteiger charge is -2.17. The molecule has 0 bridgehead atoms. The van der Waals surface area contributed by atoms with Gasteiger partial charge >= 0.3 is 6.03 Å². The number of imide groups is 1. The van der Waals surface area contributed by atoms with Crippen molar-refractivity contribution >= 4 is 23.7 Å². The topological polar surface area (TPSA) is 80.1 Å². The molecule has 1 fully saturated rings. The second kappa shape index (κ2) is 6.41. The van der Waals surface area contributed by atoms with E-state index in [1.807, 2.05) is 41.8 Å². The van der Waals surface area contributed by atoms with Gasteiger partial charge in [-0.3, -0.25) is 14.3 Å². The van der Waals surface area contributed by atoms with Crippen LogP contribution in [0.3, 0.4) is 0 Å². The van der Waals surface area contributed by atoms with E-state index in [0.717, 1.165) is 11.5 Å². The minimum Gasteiger partial charge on any atom is -0.336 e. The Kier molecular flexibility index (Phi) is 4.33. The van der Waals surface area contributed by atoms with E-state index in [1.54, 1.807) is 6.92 Å². The van der Waals surface area contributed by atoms with Gasteiger partial charge in [-0.1, -0.05) is 30.0 Å². The van der Waals surface area contributed by atoms with Crippen LogP contribution in [0.2, 0.25) is 0 Å². The van der Waals surface area contributed by atoms with Crippen LogP contribution in [-0.2, 0) is 4.79 Å². The molecule has 0 spiro atoms. The number of hydrogen-bond acceptors (Lipinski definition) is 5. The number of rotatable bonds is 4. The Bertz CT molecular complexity index is 731. The average Bonchev–Trinajstić information content (AvgIpc) is 3.13. The highest BCUT2D eigenvalue weighted by molar-refractivity contribution is 8.00. The summed E-state index contributed by atoms with van der Waals surface area (Å²) in [4.78, 5) is 25.3. The SMILES string of the molecule is Cc1nnc(S[C@H](C)C(=O)N2CCNC2=O)n1-c1ccccc1. The number of aromatic nitrogens is 3. The van der Waals surface area contributed by atoms with E-state index in [2.05, 4.69) is 15.5 Å². The van der Waals surface area contributed by atoms with Crippen LogP contribution in [-0.4, -0.2) is 49.9 Å². The minimum absolute atomic E-state index is 0.217. The molecule has 1 aromatic heterocycles. The molecule has 2 aromatic rings. The molecule has 1 aromatic carbocycles. The van der Waals surface area contributed by atoms with Crippen molar-refractivity contribution in [3.8, 4) is 5.69 Å². The number of amides is 3. The van der Waals surface area contributed by atoms with Gasteiger partial charge in [0.05, 0.1) is 5.25 Å². The summed E-state index contributed by atoms with van der Waals surface area (Å²) in [5.74, 6) is 0.530. The average molecular weight is 331 g/mol. The number of carbonyl (C=O) groups is 2. The molecule has 1 aliphatic heterocycles. The lowest BCUT2D eigenvalue weighted by molar-refractivity contribution is -0.126. The van der Waals surface area contributed by atoms with Gasteiger partial charge in [0.25, 0.3) is 0 Å². The molecule has 2 heterocycles. The molecule has 7 nitrogen and oxygen atoms in total. The zero-order chi connectivity index (χ0) is 16.4. The Morgan fingerprint density at radius 2 is 2.04 bits per heavy atom. The number of hydrogen-bond donors (Lipinski definition) is 1. The Labute approximate surface area is 138 Å². The highest BCUT2D eigenvalue weighted by Gasteiger charge is 2.31. The number of para-hydroxylation sites is 1. The van der Waals surface area contributed by atoms with Crippen molar-refractivity contribution < 1.29 is 9.59 Å². The molecule has 23 heavy (non-hydrogen) atoms. The van der Waals surface area contributed by atoms with Crippen LogP contribution in [0.1, 0.15) is 12.7 Å². The first-order valence-corrected chi connectivity index (χ1v) is 8.19. The molecule has 0 saturated carbocycles. The number of benzene rings is 1. The van der Waals surface area contributed by atoms with Gasteiger partial charge in [0, 0.05) is 18.8 Å². The van der Waals surface area contributed by atoms with Crippen molar-refractivity contribution in [2.45, 2.75) is 24.3 Å². The summed E-state index contributed by atoms with van der Waals surface area (Å²) in [6, 6.07) is 9.40. The van der Waals surface area contributed by atoms with E-state index >= 15 is 0 Å². The van der Waals surface area contributed by atoms with E-state index in [0.29, 0.717) is 18.2 Å². The molecule has 0 unspecified atom stereocenters. The van der Waals surface area contributed by atoms with Crippen LogP contribution >= 0.6 is 11.8 Å². The largest absolute Gasteiger partial charge is 0.336 e. The molecule has 3 rings (SSSR count). The summed E-state index contributed by atoms with van der Waals surface area (Å²) < 4.78 is 1.90. The Morgan fingerprint density at radius 1 is 1.30 bits per heavy atom. The smallest absolute Gasteiger partial charge is 0.324 e. The van der Waals surface area contributed by atoms with Gasteiger partial charge in [0.2, 0.25) is 5.91 Å². The third kappa shape index (κ3) is 3.07. The maximum absolute atomic E-state index is 12.4. The normalized spacial score (nSPS) is 15.6. The van der Waals surface area contributed by atoms with Crippen LogP contribution < -0.4 is 5.32 Å². The van der Waals surface area contributed by atoms with Crippen molar-refractivity contribution in [3.63, 3.8) is 0 Å². The molecule has 1 saturated heterocycles. The summed E-state index contributed by atoms with van der Waals surface area (Å²) >= 11 is 1.30. The van der Waals surface area contributed by atoms with Gasteiger partial charge in [0.15, 0.2) is 5.16 Å². The predicted octanol–water partition coefficient (Wildman–Crippen LogP) is 1.61. The van der Waals surface area contributed by atoms with Crippen LogP contribution in [0.4, 0.5) is 4.79 Å². The summed E-state index contributed by atoms with van der Waals surface area (Å²) in [5.41, 5.74) is 0.941. The van der Waals surface area contributed by atoms with E-state index in [9.17, 15) is 9.59 Å². The molecule has 1 N–H and O–H groups in total. The van der Waals surface area contributed by atoms with E-state index in [1.165, 1.54) is 16.7 Å². The van der Waals surface area contributed by atoms with Crippen LogP contribution in [0.15, 0.2) is 35.5 Å². The maximum atomic E-state index is 12.4. The number of carbonyl (C=O) groups excluding carboxylic acids is 2. The first kappa shape index (κ1) is 15.5. The summed E-state index contributed by atoms with van der Waals surface area (Å²) in [6.07, 6.45) is 0. The Balaban J connectivity index is 1.81. The van der Waals surface area contributed by atoms with Crippen molar-refractivity contribution in [1.29, 1.82) is 0 Å². The Morgan fingerprint density at radius 3 is 2.70 bits per heavy atom. The Hall–Kier alpha value is -2.35. The van der Waals surface area contributed by atoms with E-state index in [4.69, 9.17) is 0 Å². The highest BCUT2D eigenvalue weighted by atomic mass is 32.2. The molecular weight excluding hydrogens is 314 g/mol. The standard InChI is InChI=1S/C15H17N5O2S/c1-10(13(21)19-9-8-16-14(19)22)23-15-18-17-11(2)20(15)12-6-4-3-5-7-12/h3-7,10H,8-9H2,1-2H3,(H,16,22)/t10-/m1/s1. The van der Waals surface area contributed by atoms with Gasteiger partial charge < -0.3 is 5.32 Å². The van der Waals surface area contributed by atoms with Gasteiger partial charge in [-0.15, -0.1) is 10.2 Å². The van der Waals surface area contributed by atoms with Crippen LogP contribution in [0.5, 0.6) is 0 Å². The van der Waals surface area contributed by atoms with Gasteiger partial charge in [-0.25, -0.2) is 4.79 Å². The van der Waals surface area contributed by atoms with Crippen molar-refractivity contribution in [1.82, 2.24) is 25.0 Å². The van der Waals surface area contributed by atoms with Crippen LogP contribution in [0, 0.1) is 6.92 Å². The molecule has 120 valence electrons. The van der Waals surface area contributed by atoms with Gasteiger partial charge in [-0.05, 0) is 26.0 Å². The molecule has 8 heteroatoms. The quantitative estimate of drug-likeness (QED) is 0.861. The summed E-state index contributed by atoms with van der Waals surface area (Å²) in [7, 11) is 0. The number of nitrogens with one attached hydrogen (secondary N) is 1. The zero-order valence-electron chi connectivity index (χ0n) is 12.9. The fourth-order valence-corrected chi connectivity index (χ4v) is 3.38. The fourth-order valence-electron chi connectivity index (χ4n) is 2.40. The minimum atomic E-state index is -0.426. The second-order valence-corrected chi connectivity index (χ2v) is 6.49. The maximum Gasteiger partial charge on any atom is 0.324 e. The predicted molar refractivity (Wildman–Crippen MR) is 86.5 cm³/mol. The monoisotopic (exact) mass is 331 g/mol. The first-order valence-electron chi connectivity index (χ1n) is 7.31. The molecular formula is C15H17N5O2S. The number of nitrogens with zero attached hydrogens (tertiary/aromatic N) is 4. The third-order valence-corrected chi connectivity index (χ3v) is 4.59. The van der Waals surface area contributed by atoms with Gasteiger partial charge in [-0.2, -0.15) is 0 Å². The lowest BCUT2D eigenvalue weighted by Crippen LogP contribution is -2.39. The van der Waals surface area contributed by atoms with Crippen molar-refractivity contribution in [3.05, 3.63) is 36.2 Å². The van der Waals surface area contributed by atoms with Gasteiger partial charge in [0.1, 0.15) is 5.82 Å². The molecule has 0 radical (unpaired) electrons. The third-order valence-electron chi connectivity index (χ3n) is 3.56. The van der Waals surface area contributed by atoms with E-state index < -0.39 is 5.25 Å². The number of aryl methyl sites for hydroxylation is 1. The lowest BCUT2D eigenvalue weighted by atomic mass is 10.3. The summed E-state index contributed by atoms with van der Waals surface area (Å²) in [5, 5.41) is 11.1. The fraction of sp³-hybridized carbons (Fsp3) is 0.333. The summed E-state index contributed by atoms with van der Waals surface area (Å²) in [6.45, 7) is 4.55. The zero-order valence-corrected chi connectivity index (χ0v) is 13.7. The number of urea groups is 1. The molecule has 3 amide bonds. The van der Waals surface area contributed by atoms with E-state index in [-0.39, 0.29) is 11.9 Å². The second-order valence-electron chi connectivity index (χ2n) is 5.18. The molecule has 1 atom stereocenters.